The van der Waals surface area contributed by atoms with Crippen molar-refractivity contribution in [2.75, 3.05) is 0 Å². The topological polar surface area (TPSA) is 0 Å². The number of hydrogen-bond donors (Lipinski definition) is 0. The van der Waals surface area contributed by atoms with Gasteiger partial charge < -0.3 is 0 Å². The number of halogens is 1. The highest BCUT2D eigenvalue weighted by molar-refractivity contribution is 4.93. The van der Waals surface area contributed by atoms with E-state index in [9.17, 15) is 4.39 Å². The summed E-state index contributed by atoms with van der Waals surface area (Å²) >= 11 is 0. The predicted octanol–water partition coefficient (Wildman–Crippen LogP) is 1.68. The van der Waals surface area contributed by atoms with Gasteiger partial charge in [0, 0.05) is 0 Å². The molecule has 0 nitrogen and oxygen atoms in total. The molecule has 0 aromatic carbocycles. The second-order valence-electron chi connectivity index (χ2n) is 1.60. The van der Waals surface area contributed by atoms with Crippen LogP contribution in [0.3, 0.4) is 0 Å². The van der Waals surface area contributed by atoms with Crippen molar-refractivity contribution in [1.29, 1.82) is 0 Å². The molecular weight excluding hydrogens is 91.1 g/mol. The maximum Gasteiger partial charge on any atom is 0.125 e. The number of allylic oxidation sites excluding steroid dienone is 2. The van der Waals surface area contributed by atoms with Gasteiger partial charge in [-0.25, -0.2) is 4.39 Å². The van der Waals surface area contributed by atoms with Crippen LogP contribution < -0.4 is 0 Å². The average Bonchev–Trinajstić information content (AvgIpc) is 1.69. The first-order chi connectivity index (χ1) is 3.39. The zero-order chi connectivity index (χ0) is 5.11. The van der Waals surface area contributed by atoms with Crippen molar-refractivity contribution < 1.29 is 4.39 Å². The molecule has 1 atom stereocenters. The Hall–Kier alpha value is -0.330. The molecule has 0 aliphatic heterocycles. The Bertz CT molecular complexity index is 76.2. The highest BCUT2D eigenvalue weighted by Gasteiger charge is 2.04. The predicted molar refractivity (Wildman–Crippen MR) is 26.2 cm³/mol. The van der Waals surface area contributed by atoms with Gasteiger partial charge in [-0.2, -0.15) is 0 Å². The summed E-state index contributed by atoms with van der Waals surface area (Å²) in [5.74, 6) is 0. The lowest BCUT2D eigenvalue weighted by Gasteiger charge is -2.03. The normalized spacial score (nSPS) is 30.7. The summed E-state index contributed by atoms with van der Waals surface area (Å²) in [7, 11) is 0. The molecule has 1 aliphatic rings. The number of rotatable bonds is 0. The minimum Gasteiger partial charge on any atom is -0.242 e. The van der Waals surface area contributed by atoms with Crippen molar-refractivity contribution in [3.05, 3.63) is 18.6 Å². The fraction of sp³-hybridized carbons (Fsp3) is 0.500. The summed E-state index contributed by atoms with van der Waals surface area (Å²) in [6.07, 6.45) is 6.82. The van der Waals surface area contributed by atoms with Gasteiger partial charge >= 0.3 is 0 Å². The largest absolute Gasteiger partial charge is 0.242 e. The van der Waals surface area contributed by atoms with E-state index in [1.807, 2.05) is 6.42 Å². The van der Waals surface area contributed by atoms with Gasteiger partial charge in [-0.05, 0) is 25.3 Å². The smallest absolute Gasteiger partial charge is 0.125 e. The van der Waals surface area contributed by atoms with E-state index in [4.69, 9.17) is 0 Å². The fourth-order valence-corrected chi connectivity index (χ4v) is 0.590. The highest BCUT2D eigenvalue weighted by Crippen LogP contribution is 2.10. The van der Waals surface area contributed by atoms with Crippen molar-refractivity contribution in [2.45, 2.75) is 19.0 Å². The van der Waals surface area contributed by atoms with Crippen molar-refractivity contribution in [3.8, 4) is 0 Å². The molecule has 0 fully saturated rings. The van der Waals surface area contributed by atoms with E-state index < -0.39 is 6.17 Å². The summed E-state index contributed by atoms with van der Waals surface area (Å²) in [6, 6.07) is 0. The molecule has 0 saturated heterocycles. The third-order valence-electron chi connectivity index (χ3n) is 0.957. The minimum atomic E-state index is -0.825. The summed E-state index contributed by atoms with van der Waals surface area (Å²) in [6.45, 7) is 0. The van der Waals surface area contributed by atoms with Crippen LogP contribution in [0.15, 0.2) is 6.08 Å². The SMILES string of the molecule is FC1[C]=CC[CH]C1. The summed E-state index contributed by atoms with van der Waals surface area (Å²) in [5.41, 5.74) is 0. The molecule has 38 valence electrons. The standard InChI is InChI=1S/C6H7F/c7-6-4-2-1-3-5-6/h2-3,6H,1,4H2. The fourth-order valence-electron chi connectivity index (χ4n) is 0.590. The van der Waals surface area contributed by atoms with Gasteiger partial charge in [0.2, 0.25) is 0 Å². The van der Waals surface area contributed by atoms with Crippen LogP contribution in [0.5, 0.6) is 0 Å². The molecule has 0 N–H and O–H groups in total. The maximum atomic E-state index is 12.0. The molecule has 1 aliphatic carbocycles. The van der Waals surface area contributed by atoms with Crippen LogP contribution in [0.25, 0.3) is 0 Å². The molecule has 7 heavy (non-hydrogen) atoms. The van der Waals surface area contributed by atoms with Crippen LogP contribution in [0.1, 0.15) is 12.8 Å². The van der Waals surface area contributed by atoms with Crippen molar-refractivity contribution in [1.82, 2.24) is 0 Å². The van der Waals surface area contributed by atoms with E-state index in [0.717, 1.165) is 6.42 Å². The lowest BCUT2D eigenvalue weighted by Crippen LogP contribution is -1.99. The Morgan fingerprint density at radius 2 is 2.57 bits per heavy atom. The van der Waals surface area contributed by atoms with E-state index in [0.29, 0.717) is 6.42 Å². The zero-order valence-electron chi connectivity index (χ0n) is 4.02. The van der Waals surface area contributed by atoms with Gasteiger partial charge in [0.15, 0.2) is 0 Å². The van der Waals surface area contributed by atoms with Gasteiger partial charge in [-0.15, -0.1) is 0 Å². The van der Waals surface area contributed by atoms with E-state index in [1.165, 1.54) is 0 Å². The molecule has 0 saturated carbocycles. The van der Waals surface area contributed by atoms with Gasteiger partial charge in [0.25, 0.3) is 0 Å². The van der Waals surface area contributed by atoms with Crippen molar-refractivity contribution in [2.24, 2.45) is 0 Å². The van der Waals surface area contributed by atoms with E-state index >= 15 is 0 Å². The maximum absolute atomic E-state index is 12.0. The van der Waals surface area contributed by atoms with Crippen molar-refractivity contribution >= 4 is 0 Å². The lowest BCUT2D eigenvalue weighted by molar-refractivity contribution is 0.377. The number of hydrogen-bond acceptors (Lipinski definition) is 0. The Morgan fingerprint density at radius 3 is 2.86 bits per heavy atom. The zero-order valence-corrected chi connectivity index (χ0v) is 4.02. The summed E-state index contributed by atoms with van der Waals surface area (Å²) in [4.78, 5) is 0. The summed E-state index contributed by atoms with van der Waals surface area (Å²) in [5, 5.41) is 0. The first-order valence-corrected chi connectivity index (χ1v) is 2.43. The Morgan fingerprint density at radius 1 is 1.71 bits per heavy atom. The minimum absolute atomic E-state index is 0.552. The van der Waals surface area contributed by atoms with Crippen LogP contribution in [0.4, 0.5) is 4.39 Å². The molecule has 2 radical (unpaired) electrons. The first kappa shape index (κ1) is 4.82. The second kappa shape index (κ2) is 2.10. The van der Waals surface area contributed by atoms with Gasteiger partial charge in [-0.1, -0.05) is 6.08 Å². The molecule has 1 heteroatoms. The number of alkyl halides is 1. The van der Waals surface area contributed by atoms with Gasteiger partial charge in [0.05, 0.1) is 0 Å². The Labute approximate surface area is 43.0 Å². The van der Waals surface area contributed by atoms with Gasteiger partial charge in [0.1, 0.15) is 6.17 Å². The molecule has 1 unspecified atom stereocenters. The second-order valence-corrected chi connectivity index (χ2v) is 1.60. The van der Waals surface area contributed by atoms with Gasteiger partial charge in [-0.3, -0.25) is 0 Å². The van der Waals surface area contributed by atoms with Crippen LogP contribution in [0, 0.1) is 12.5 Å². The quantitative estimate of drug-likeness (QED) is 0.432. The molecule has 0 aromatic heterocycles. The van der Waals surface area contributed by atoms with Crippen LogP contribution in [-0.2, 0) is 0 Å². The van der Waals surface area contributed by atoms with E-state index in [2.05, 4.69) is 6.08 Å². The molecular formula is C6H7F. The van der Waals surface area contributed by atoms with E-state index in [-0.39, 0.29) is 0 Å². The molecule has 0 heterocycles. The molecule has 0 amide bonds. The molecule has 0 aromatic rings. The highest BCUT2D eigenvalue weighted by atomic mass is 19.1. The molecule has 0 bridgehead atoms. The van der Waals surface area contributed by atoms with Crippen LogP contribution in [-0.4, -0.2) is 6.17 Å². The Balaban J connectivity index is 2.36. The molecule has 1 rings (SSSR count). The van der Waals surface area contributed by atoms with E-state index in [1.54, 1.807) is 6.08 Å². The lowest BCUT2D eigenvalue weighted by atomic mass is 10.1. The Kier molecular flexibility index (Phi) is 1.45. The van der Waals surface area contributed by atoms with Crippen molar-refractivity contribution in [3.63, 3.8) is 0 Å². The van der Waals surface area contributed by atoms with Crippen LogP contribution in [0.2, 0.25) is 0 Å². The molecule has 0 spiro atoms. The third kappa shape index (κ3) is 1.30. The summed E-state index contributed by atoms with van der Waals surface area (Å²) < 4.78 is 12.0. The third-order valence-corrected chi connectivity index (χ3v) is 0.957. The monoisotopic (exact) mass is 98.1 g/mol. The van der Waals surface area contributed by atoms with Crippen LogP contribution >= 0.6 is 0 Å². The average molecular weight is 98.1 g/mol. The first-order valence-electron chi connectivity index (χ1n) is 2.43.